The Kier molecular flexibility index (Phi) is 4.36. The van der Waals surface area contributed by atoms with E-state index in [9.17, 15) is 14.4 Å². The smallest absolute Gasteiger partial charge is 0.255 e. The number of carbonyl (C=O) groups excluding carboxylic acids is 3. The molecule has 8 nitrogen and oxygen atoms in total. The number of rotatable bonds is 6. The van der Waals surface area contributed by atoms with Gasteiger partial charge in [0, 0.05) is 69.7 Å². The maximum absolute atomic E-state index is 15.8. The van der Waals surface area contributed by atoms with Crippen molar-refractivity contribution in [1.29, 1.82) is 0 Å². The normalized spacial score (nSPS) is 28.4. The molecule has 0 spiro atoms. The number of ether oxygens (including phenoxy) is 1. The first-order chi connectivity index (χ1) is 19.1. The molecule has 0 radical (unpaired) electrons. The van der Waals surface area contributed by atoms with Gasteiger partial charge in [0.1, 0.15) is 11.8 Å². The Morgan fingerprint density at radius 1 is 1.18 bits per heavy atom. The van der Waals surface area contributed by atoms with Gasteiger partial charge in [-0.1, -0.05) is 24.3 Å². The van der Waals surface area contributed by atoms with Gasteiger partial charge in [0.15, 0.2) is 0 Å². The third-order valence-electron chi connectivity index (χ3n) is 5.72. The lowest BCUT2D eigenvalue weighted by Gasteiger charge is -2.29. The highest BCUT2D eigenvalue weighted by molar-refractivity contribution is 6.06. The maximum Gasteiger partial charge on any atom is 0.255 e. The molecule has 2 N–H and O–H groups in total. The van der Waals surface area contributed by atoms with E-state index in [0.29, 0.717) is 4.90 Å². The van der Waals surface area contributed by atoms with E-state index in [-0.39, 0.29) is 55.1 Å². The van der Waals surface area contributed by atoms with E-state index in [2.05, 4.69) is 5.32 Å². The summed E-state index contributed by atoms with van der Waals surface area (Å²) in [6.07, 6.45) is -0.726. The van der Waals surface area contributed by atoms with Crippen molar-refractivity contribution in [2.24, 2.45) is 0 Å². The van der Waals surface area contributed by atoms with Crippen molar-refractivity contribution in [2.75, 3.05) is 31.6 Å². The van der Waals surface area contributed by atoms with Gasteiger partial charge in [0.25, 0.3) is 5.91 Å². The highest BCUT2D eigenvalue weighted by Gasteiger charge is 2.39. The van der Waals surface area contributed by atoms with Crippen LogP contribution in [0.4, 0.5) is 10.1 Å². The molecule has 5 rings (SSSR count). The van der Waals surface area contributed by atoms with E-state index >= 15 is 4.39 Å². The number of carbonyl (C=O) groups is 3. The molecule has 3 heterocycles. The number of amides is 3. The zero-order chi connectivity index (χ0) is 30.0. The van der Waals surface area contributed by atoms with Crippen LogP contribution in [0.3, 0.4) is 0 Å². The van der Waals surface area contributed by atoms with Crippen LogP contribution in [0, 0.1) is 5.82 Å². The molecule has 34 heavy (non-hydrogen) atoms. The second kappa shape index (κ2) is 9.52. The van der Waals surface area contributed by atoms with Crippen LogP contribution < -0.4 is 10.6 Å². The Balaban J connectivity index is 1.51. The summed E-state index contributed by atoms with van der Waals surface area (Å²) in [7, 11) is 0. The predicted molar refractivity (Wildman–Crippen MR) is 122 cm³/mol. The first-order valence-electron chi connectivity index (χ1n) is 14.4. The maximum atomic E-state index is 15.8. The third kappa shape index (κ3) is 4.41. The first kappa shape index (κ1) is 15.6. The number of halogens is 1. The van der Waals surface area contributed by atoms with Crippen molar-refractivity contribution in [3.63, 3.8) is 0 Å². The lowest BCUT2D eigenvalue weighted by Crippen LogP contribution is -2.52. The summed E-state index contributed by atoms with van der Waals surface area (Å²) in [5.41, 5.74) is -1.75. The number of nitrogens with one attached hydrogen (secondary N) is 2. The number of benzene rings is 2. The Morgan fingerprint density at radius 2 is 1.94 bits per heavy atom. The van der Waals surface area contributed by atoms with Crippen LogP contribution in [-0.4, -0.2) is 59.8 Å². The summed E-state index contributed by atoms with van der Waals surface area (Å²) in [6.45, 7) is -6.85. The minimum absolute atomic E-state index is 0.210. The highest BCUT2D eigenvalue weighted by atomic mass is 19.1. The summed E-state index contributed by atoms with van der Waals surface area (Å²) < 4.78 is 81.7. The second-order valence-electron chi connectivity index (χ2n) is 7.93. The van der Waals surface area contributed by atoms with Crippen molar-refractivity contribution < 1.29 is 33.1 Å². The van der Waals surface area contributed by atoms with E-state index in [0.717, 1.165) is 6.07 Å². The van der Waals surface area contributed by atoms with Gasteiger partial charge in [-0.05, 0) is 18.6 Å². The third-order valence-corrected chi connectivity index (χ3v) is 5.72. The van der Waals surface area contributed by atoms with E-state index in [1.807, 2.05) is 5.32 Å². The number of anilines is 1. The lowest BCUT2D eigenvalue weighted by atomic mass is 10.0. The molecule has 178 valence electrons. The fourth-order valence-electron chi connectivity index (χ4n) is 3.94. The van der Waals surface area contributed by atoms with E-state index in [4.69, 9.17) is 14.3 Å². The number of hydrogen-bond donors (Lipinski definition) is 2. The van der Waals surface area contributed by atoms with Gasteiger partial charge in [-0.2, -0.15) is 0 Å². The number of hydrogen-bond acceptors (Lipinski definition) is 6. The molecule has 2 saturated heterocycles. The quantitative estimate of drug-likeness (QED) is 0.624. The van der Waals surface area contributed by atoms with Crippen LogP contribution in [-0.2, 0) is 33.8 Å². The number of fused-ring (bicyclic) bond motifs is 1. The van der Waals surface area contributed by atoms with Crippen LogP contribution in [0.15, 0.2) is 36.4 Å². The monoisotopic (exact) mass is 473 g/mol. The van der Waals surface area contributed by atoms with Gasteiger partial charge in [-0.25, -0.2) is 4.39 Å². The van der Waals surface area contributed by atoms with Crippen LogP contribution in [0.1, 0.15) is 49.5 Å². The van der Waals surface area contributed by atoms with Crippen molar-refractivity contribution in [3.8, 4) is 0 Å². The zero-order valence-corrected chi connectivity index (χ0v) is 18.1. The SMILES string of the molecule is [2H]C([2H])(Nc1cccc2c1C([2H])([2H])N(C1([2H])CCC(=O)NC1=O)C2=O)c1cccc(C([2H])([2H])N2CCOCC2)c1F. The molecule has 9 heteroatoms. The van der Waals surface area contributed by atoms with Crippen molar-refractivity contribution >= 4 is 23.4 Å². The van der Waals surface area contributed by atoms with E-state index < -0.39 is 61.0 Å². The molecule has 0 saturated carbocycles. The van der Waals surface area contributed by atoms with Crippen LogP contribution in [0.25, 0.3) is 0 Å². The van der Waals surface area contributed by atoms with Crippen molar-refractivity contribution in [3.05, 3.63) is 64.5 Å². The molecule has 2 aromatic carbocycles. The molecular formula is C25H27FN4O4. The number of morpholine rings is 1. The van der Waals surface area contributed by atoms with Gasteiger partial charge in [0.2, 0.25) is 11.8 Å². The fourth-order valence-corrected chi connectivity index (χ4v) is 3.94. The molecule has 0 aliphatic carbocycles. The minimum atomic E-state index is -2.79. The van der Waals surface area contributed by atoms with Gasteiger partial charge in [0.05, 0.1) is 20.1 Å². The lowest BCUT2D eigenvalue weighted by molar-refractivity contribution is -0.136. The predicted octanol–water partition coefficient (Wildman–Crippen LogP) is 2.03. The fraction of sp³-hybridized carbons (Fsp3) is 0.400. The van der Waals surface area contributed by atoms with Gasteiger partial charge >= 0.3 is 0 Å². The zero-order valence-electron chi connectivity index (χ0n) is 25.1. The number of nitrogens with zero attached hydrogens (tertiary/aromatic N) is 2. The molecule has 2 fully saturated rings. The van der Waals surface area contributed by atoms with Crippen LogP contribution in [0.5, 0.6) is 0 Å². The minimum Gasteiger partial charge on any atom is -0.381 e. The molecular weight excluding hydrogens is 439 g/mol. The Morgan fingerprint density at radius 3 is 2.74 bits per heavy atom. The topological polar surface area (TPSA) is 91.0 Å². The Bertz CT molecular complexity index is 1440. The Labute approximate surface area is 206 Å². The van der Waals surface area contributed by atoms with Crippen LogP contribution in [0.2, 0.25) is 0 Å². The van der Waals surface area contributed by atoms with E-state index in [1.165, 1.54) is 35.2 Å². The standard InChI is InChI=1S/C25H27FN4O4/c26-23-16(3-1-4-17(23)14-29-9-11-34-12-10-29)13-27-20-6-2-5-18-19(20)15-30(25(18)33)21-7-8-22(31)28-24(21)32/h1-6,21,27H,7-15H2,(H,28,31,32)/i13D2,14D2,15D2,21D. The highest BCUT2D eigenvalue weighted by Crippen LogP contribution is 2.32. The molecule has 3 amide bonds. The molecule has 3 aliphatic rings. The van der Waals surface area contributed by atoms with E-state index in [1.54, 1.807) is 0 Å². The first-order valence-corrected chi connectivity index (χ1v) is 10.9. The second-order valence-corrected chi connectivity index (χ2v) is 7.93. The van der Waals surface area contributed by atoms with Gasteiger partial charge < -0.3 is 15.0 Å². The van der Waals surface area contributed by atoms with Gasteiger partial charge in [-0.15, -0.1) is 0 Å². The molecule has 0 aromatic heterocycles. The molecule has 1 unspecified atom stereocenters. The summed E-state index contributed by atoms with van der Waals surface area (Å²) in [6, 6.07) is 5.13. The van der Waals surface area contributed by atoms with Gasteiger partial charge in [-0.3, -0.25) is 24.6 Å². The Hall–Kier alpha value is -3.30. The molecule has 0 bridgehead atoms. The summed E-state index contributed by atoms with van der Waals surface area (Å²) in [5, 5.41) is 4.44. The average molecular weight is 474 g/mol. The number of imide groups is 1. The summed E-state index contributed by atoms with van der Waals surface area (Å²) in [5.74, 6) is -3.94. The van der Waals surface area contributed by atoms with Crippen LogP contribution >= 0.6 is 0 Å². The summed E-state index contributed by atoms with van der Waals surface area (Å²) in [4.78, 5) is 39.5. The van der Waals surface area contributed by atoms with Crippen molar-refractivity contribution in [2.45, 2.75) is 38.4 Å². The molecule has 3 aliphatic heterocycles. The molecule has 2 aromatic rings. The molecule has 1 atom stereocenters. The van der Waals surface area contributed by atoms with Crippen molar-refractivity contribution in [1.82, 2.24) is 15.1 Å². The summed E-state index contributed by atoms with van der Waals surface area (Å²) >= 11 is 0. The number of piperidine rings is 1. The average Bonchev–Trinajstić information content (AvgIpc) is 3.12. The largest absolute Gasteiger partial charge is 0.381 e.